The summed E-state index contributed by atoms with van der Waals surface area (Å²) in [7, 11) is 1.39. The van der Waals surface area contributed by atoms with Crippen LogP contribution in [0.4, 0.5) is 4.39 Å². The number of nitrogens with zero attached hydrogens (tertiary/aromatic N) is 1. The Morgan fingerprint density at radius 1 is 1.14 bits per heavy atom. The van der Waals surface area contributed by atoms with E-state index in [9.17, 15) is 19.1 Å². The molecule has 2 aromatic rings. The van der Waals surface area contributed by atoms with Gasteiger partial charge in [0.2, 0.25) is 0 Å². The molecule has 5 nitrogen and oxygen atoms in total. The van der Waals surface area contributed by atoms with E-state index in [1.807, 2.05) is 38.1 Å². The van der Waals surface area contributed by atoms with Gasteiger partial charge in [0.25, 0.3) is 11.7 Å². The summed E-state index contributed by atoms with van der Waals surface area (Å²) in [6, 6.07) is 10.5. The van der Waals surface area contributed by atoms with Crippen LogP contribution in [0.25, 0.3) is 5.76 Å². The first-order chi connectivity index (χ1) is 13.9. The normalized spacial score (nSPS) is 18.3. The van der Waals surface area contributed by atoms with Crippen molar-refractivity contribution in [2.45, 2.75) is 32.7 Å². The molecule has 1 aliphatic heterocycles. The molecule has 1 amide bonds. The predicted octanol–water partition coefficient (Wildman–Crippen LogP) is 4.23. The molecule has 0 radical (unpaired) electrons. The average molecular weight is 397 g/mol. The summed E-state index contributed by atoms with van der Waals surface area (Å²) in [4.78, 5) is 27.0. The van der Waals surface area contributed by atoms with E-state index in [-0.39, 0.29) is 16.9 Å². The van der Waals surface area contributed by atoms with E-state index in [1.54, 1.807) is 0 Å². The van der Waals surface area contributed by atoms with Crippen molar-refractivity contribution in [1.82, 2.24) is 4.90 Å². The molecule has 0 aromatic heterocycles. The highest BCUT2D eigenvalue weighted by Crippen LogP contribution is 2.41. The fourth-order valence-electron chi connectivity index (χ4n) is 3.64. The van der Waals surface area contributed by atoms with Gasteiger partial charge in [0, 0.05) is 6.54 Å². The van der Waals surface area contributed by atoms with E-state index in [0.29, 0.717) is 18.5 Å². The summed E-state index contributed by atoms with van der Waals surface area (Å²) >= 11 is 0. The summed E-state index contributed by atoms with van der Waals surface area (Å²) in [6.07, 6.45) is 1.51. The van der Waals surface area contributed by atoms with E-state index in [2.05, 4.69) is 0 Å². The van der Waals surface area contributed by atoms with Crippen LogP contribution in [-0.4, -0.2) is 35.4 Å². The molecule has 29 heavy (non-hydrogen) atoms. The molecule has 1 unspecified atom stereocenters. The monoisotopic (exact) mass is 397 g/mol. The Balaban J connectivity index is 2.22. The first-order valence-corrected chi connectivity index (χ1v) is 9.64. The number of benzene rings is 2. The Hall–Kier alpha value is -3.15. The molecule has 1 heterocycles. The third-order valence-corrected chi connectivity index (χ3v) is 5.12. The lowest BCUT2D eigenvalue weighted by Gasteiger charge is -2.25. The summed E-state index contributed by atoms with van der Waals surface area (Å²) in [6.45, 7) is 4.31. The van der Waals surface area contributed by atoms with Crippen molar-refractivity contribution in [3.05, 3.63) is 70.5 Å². The van der Waals surface area contributed by atoms with Gasteiger partial charge in [0.15, 0.2) is 0 Å². The Morgan fingerprint density at radius 3 is 2.41 bits per heavy atom. The number of aliphatic hydroxyl groups excluding tert-OH is 1. The van der Waals surface area contributed by atoms with Crippen LogP contribution in [0.2, 0.25) is 0 Å². The van der Waals surface area contributed by atoms with Crippen molar-refractivity contribution in [3.63, 3.8) is 0 Å². The van der Waals surface area contributed by atoms with Gasteiger partial charge in [-0.2, -0.15) is 0 Å². The third-order valence-electron chi connectivity index (χ3n) is 5.12. The molecule has 0 bridgehead atoms. The molecule has 3 rings (SSSR count). The number of likely N-dealkylation sites (tertiary alicyclic amines) is 1. The predicted molar refractivity (Wildman–Crippen MR) is 108 cm³/mol. The first-order valence-electron chi connectivity index (χ1n) is 9.64. The number of halogens is 1. The minimum Gasteiger partial charge on any atom is -0.507 e. The number of ketones is 1. The van der Waals surface area contributed by atoms with Crippen LogP contribution in [0.3, 0.4) is 0 Å². The lowest BCUT2D eigenvalue weighted by atomic mass is 9.94. The maximum Gasteiger partial charge on any atom is 0.295 e. The minimum absolute atomic E-state index is 0.0391. The topological polar surface area (TPSA) is 66.8 Å². The molecule has 6 heteroatoms. The van der Waals surface area contributed by atoms with Crippen LogP contribution in [0.1, 0.15) is 43.0 Å². The standard InChI is InChI=1S/C23H24FNO4/c1-4-12-25-20(15-8-6-14(5-2)7-9-15)19(22(27)23(25)28)21(26)17-13-16(24)10-11-18(17)29-3/h6-11,13,20,26H,4-5,12H2,1-3H3/b21-19+. The third kappa shape index (κ3) is 3.75. The van der Waals surface area contributed by atoms with Crippen molar-refractivity contribution in [3.8, 4) is 5.75 Å². The van der Waals surface area contributed by atoms with Crippen LogP contribution in [0.5, 0.6) is 5.75 Å². The minimum atomic E-state index is -0.785. The molecule has 1 saturated heterocycles. The van der Waals surface area contributed by atoms with Crippen LogP contribution in [-0.2, 0) is 16.0 Å². The molecular formula is C23H24FNO4. The molecule has 1 fully saturated rings. The van der Waals surface area contributed by atoms with Gasteiger partial charge < -0.3 is 14.7 Å². The quantitative estimate of drug-likeness (QED) is 0.450. The number of methoxy groups -OCH3 is 1. The number of aryl methyl sites for hydroxylation is 1. The summed E-state index contributed by atoms with van der Waals surface area (Å²) in [5.41, 5.74) is 1.81. The number of aliphatic hydroxyl groups is 1. The molecule has 0 aliphatic carbocycles. The van der Waals surface area contributed by atoms with Gasteiger partial charge in [-0.25, -0.2) is 4.39 Å². The zero-order valence-corrected chi connectivity index (χ0v) is 16.7. The Morgan fingerprint density at radius 2 is 1.83 bits per heavy atom. The van der Waals surface area contributed by atoms with E-state index in [1.165, 1.54) is 24.1 Å². The molecule has 2 aromatic carbocycles. The highest BCUT2D eigenvalue weighted by Gasteiger charge is 2.45. The first kappa shape index (κ1) is 20.6. The average Bonchev–Trinajstić information content (AvgIpc) is 2.98. The van der Waals surface area contributed by atoms with Crippen LogP contribution in [0.15, 0.2) is 48.0 Å². The van der Waals surface area contributed by atoms with Crippen molar-refractivity contribution >= 4 is 17.4 Å². The highest BCUT2D eigenvalue weighted by molar-refractivity contribution is 6.46. The second-order valence-corrected chi connectivity index (χ2v) is 6.93. The second kappa shape index (κ2) is 8.47. The number of hydrogen-bond donors (Lipinski definition) is 1. The molecule has 1 atom stereocenters. The Labute approximate surface area is 169 Å². The number of carbonyl (C=O) groups excluding carboxylic acids is 2. The molecule has 1 N–H and O–H groups in total. The molecule has 1 aliphatic rings. The highest BCUT2D eigenvalue weighted by atomic mass is 19.1. The van der Waals surface area contributed by atoms with Gasteiger partial charge in [0.1, 0.15) is 17.3 Å². The largest absolute Gasteiger partial charge is 0.507 e. The van der Waals surface area contributed by atoms with E-state index >= 15 is 0 Å². The van der Waals surface area contributed by atoms with E-state index in [4.69, 9.17) is 4.74 Å². The lowest BCUT2D eigenvalue weighted by Crippen LogP contribution is -2.30. The number of ether oxygens (including phenoxy) is 1. The lowest BCUT2D eigenvalue weighted by molar-refractivity contribution is -0.139. The van der Waals surface area contributed by atoms with Gasteiger partial charge in [-0.3, -0.25) is 9.59 Å². The van der Waals surface area contributed by atoms with Crippen LogP contribution >= 0.6 is 0 Å². The maximum atomic E-state index is 13.9. The Bertz CT molecular complexity index is 965. The van der Waals surface area contributed by atoms with Crippen molar-refractivity contribution < 1.29 is 23.8 Å². The van der Waals surface area contributed by atoms with Crippen LogP contribution in [0, 0.1) is 5.82 Å². The van der Waals surface area contributed by atoms with Crippen molar-refractivity contribution in [1.29, 1.82) is 0 Å². The van der Waals surface area contributed by atoms with E-state index in [0.717, 1.165) is 18.1 Å². The smallest absolute Gasteiger partial charge is 0.295 e. The van der Waals surface area contributed by atoms with Crippen molar-refractivity contribution in [2.24, 2.45) is 0 Å². The number of rotatable bonds is 6. The molecule has 0 saturated carbocycles. The van der Waals surface area contributed by atoms with E-state index < -0.39 is 29.3 Å². The molecule has 0 spiro atoms. The maximum absolute atomic E-state index is 13.9. The fraction of sp³-hybridized carbons (Fsp3) is 0.304. The summed E-state index contributed by atoms with van der Waals surface area (Å²) in [5.74, 6) is -2.27. The SMILES string of the molecule is CCCN1C(=O)C(=O)/C(=C(/O)c2cc(F)ccc2OC)C1c1ccc(CC)cc1. The van der Waals surface area contributed by atoms with Gasteiger partial charge in [-0.15, -0.1) is 0 Å². The number of amides is 1. The number of Topliss-reactive ketones (excluding diaryl/α,β-unsaturated/α-hetero) is 1. The molecule has 152 valence electrons. The fourth-order valence-corrected chi connectivity index (χ4v) is 3.64. The van der Waals surface area contributed by atoms with Gasteiger partial charge in [-0.1, -0.05) is 38.1 Å². The molecular weight excluding hydrogens is 373 g/mol. The summed E-state index contributed by atoms with van der Waals surface area (Å²) < 4.78 is 19.1. The van der Waals surface area contributed by atoms with Crippen LogP contribution < -0.4 is 4.74 Å². The summed E-state index contributed by atoms with van der Waals surface area (Å²) in [5, 5.41) is 11.0. The van der Waals surface area contributed by atoms with Gasteiger partial charge >= 0.3 is 0 Å². The second-order valence-electron chi connectivity index (χ2n) is 6.93. The number of carbonyl (C=O) groups is 2. The van der Waals surface area contributed by atoms with Crippen molar-refractivity contribution in [2.75, 3.05) is 13.7 Å². The number of hydrogen-bond acceptors (Lipinski definition) is 4. The zero-order valence-electron chi connectivity index (χ0n) is 16.7. The van der Waals surface area contributed by atoms with Gasteiger partial charge in [-0.05, 0) is 42.2 Å². The Kier molecular flexibility index (Phi) is 6.01. The zero-order chi connectivity index (χ0) is 21.1. The van der Waals surface area contributed by atoms with Gasteiger partial charge in [0.05, 0.1) is 24.3 Å².